The van der Waals surface area contributed by atoms with Crippen LogP contribution in [-0.4, -0.2) is 245 Å². The van der Waals surface area contributed by atoms with Crippen LogP contribution in [0.15, 0.2) is 0 Å². The van der Waals surface area contributed by atoms with Gasteiger partial charge in [0.2, 0.25) is 0 Å². The van der Waals surface area contributed by atoms with Gasteiger partial charge in [-0.3, -0.25) is 0 Å². The van der Waals surface area contributed by atoms with E-state index in [-0.39, 0.29) is 245 Å². The van der Waals surface area contributed by atoms with Crippen molar-refractivity contribution >= 4 is 245 Å². The maximum absolute atomic E-state index is 0. The SMILES string of the molecule is [NaH].[NaH].[NaH].[NaH].[NaH].[Sb].[Sb].[Sb].[Sb]. The van der Waals surface area contributed by atoms with Crippen LogP contribution in [0.5, 0.6) is 0 Å². The molecule has 0 amide bonds. The molecule has 0 saturated carbocycles. The third-order valence-corrected chi connectivity index (χ3v) is 0. The Labute approximate surface area is 238 Å². The van der Waals surface area contributed by atoms with Crippen LogP contribution in [-0.2, 0) is 0 Å². The molecule has 0 heterocycles. The molecule has 0 bridgehead atoms. The van der Waals surface area contributed by atoms with E-state index >= 15 is 0 Å². The maximum atomic E-state index is 0. The standard InChI is InChI=1S/5Na.4Sb.5H. The summed E-state index contributed by atoms with van der Waals surface area (Å²) in [6.45, 7) is 0. The van der Waals surface area contributed by atoms with E-state index in [1.165, 1.54) is 0 Å². The Morgan fingerprint density at radius 3 is 0.222 bits per heavy atom. The third-order valence-electron chi connectivity index (χ3n) is 0. The van der Waals surface area contributed by atoms with E-state index in [1.807, 2.05) is 0 Å². The van der Waals surface area contributed by atoms with Crippen LogP contribution in [0.1, 0.15) is 0 Å². The summed E-state index contributed by atoms with van der Waals surface area (Å²) in [6, 6.07) is 0. The van der Waals surface area contributed by atoms with Crippen LogP contribution in [0.4, 0.5) is 0 Å². The number of hydrogen-bond acceptors (Lipinski definition) is 0. The van der Waals surface area contributed by atoms with Crippen molar-refractivity contribution in [1.29, 1.82) is 0 Å². The molecule has 0 rings (SSSR count). The second kappa shape index (κ2) is 55.5. The summed E-state index contributed by atoms with van der Waals surface area (Å²) in [7, 11) is 0. The second-order valence-corrected chi connectivity index (χ2v) is 0. The summed E-state index contributed by atoms with van der Waals surface area (Å²) in [6.07, 6.45) is 0. The zero-order valence-corrected chi connectivity index (χ0v) is 12.0. The Balaban J connectivity index is 0. The van der Waals surface area contributed by atoms with Crippen molar-refractivity contribution in [3.63, 3.8) is 0 Å². The average Bonchev–Trinajstić information content (AvgIpc) is 0. The molecular formula is H5Na5Sb4. The van der Waals surface area contributed by atoms with E-state index in [0.717, 1.165) is 0 Å². The van der Waals surface area contributed by atoms with Crippen molar-refractivity contribution < 1.29 is 0 Å². The molecule has 9 heavy (non-hydrogen) atoms. The predicted molar refractivity (Wildman–Crippen MR) is 58.8 cm³/mol. The molecule has 0 spiro atoms. The minimum atomic E-state index is 0. The molecule has 0 unspecified atom stereocenters. The van der Waals surface area contributed by atoms with E-state index < -0.39 is 0 Å². The molecule has 0 N–H and O–H groups in total. The summed E-state index contributed by atoms with van der Waals surface area (Å²) in [5.41, 5.74) is 0. The van der Waals surface area contributed by atoms with Crippen molar-refractivity contribution in [3.8, 4) is 0 Å². The largest absolute Gasteiger partial charge is 0 e. The van der Waals surface area contributed by atoms with Gasteiger partial charge in [0, 0.05) is 97.7 Å². The zero-order valence-electron chi connectivity index (χ0n) is 1.79. The monoisotopic (exact) mass is 604 g/mol. The Kier molecular flexibility index (Phi) is 412. The van der Waals surface area contributed by atoms with Crippen LogP contribution in [0.2, 0.25) is 0 Å². The van der Waals surface area contributed by atoms with Crippen molar-refractivity contribution in [2.45, 2.75) is 0 Å². The summed E-state index contributed by atoms with van der Waals surface area (Å²) in [4.78, 5) is 0. The Hall–Kier alpha value is 8.27. The first-order chi connectivity index (χ1) is 0. The van der Waals surface area contributed by atoms with Crippen molar-refractivity contribution in [1.82, 2.24) is 0 Å². The van der Waals surface area contributed by atoms with Crippen molar-refractivity contribution in [2.24, 2.45) is 0 Å². The summed E-state index contributed by atoms with van der Waals surface area (Å²) < 4.78 is 0. The van der Waals surface area contributed by atoms with Crippen molar-refractivity contribution in [3.05, 3.63) is 0 Å². The van der Waals surface area contributed by atoms with Gasteiger partial charge in [-0.15, -0.1) is 0 Å². The predicted octanol–water partition coefficient (Wildman–Crippen LogP) is -4.77. The molecule has 0 saturated heterocycles. The van der Waals surface area contributed by atoms with E-state index in [9.17, 15) is 0 Å². The molecule has 0 aromatic rings. The normalized spacial score (nSPS) is 0. The Morgan fingerprint density at radius 1 is 0.222 bits per heavy atom. The smallest absolute Gasteiger partial charge is 0 e. The van der Waals surface area contributed by atoms with Gasteiger partial charge in [0.15, 0.2) is 0 Å². The molecule has 0 aromatic heterocycles. The van der Waals surface area contributed by atoms with E-state index in [0.29, 0.717) is 0 Å². The first kappa shape index (κ1) is 66.8. The van der Waals surface area contributed by atoms with Gasteiger partial charge in [-0.2, -0.15) is 0 Å². The summed E-state index contributed by atoms with van der Waals surface area (Å²) >= 11 is 0. The van der Waals surface area contributed by atoms with Crippen LogP contribution in [0, 0.1) is 0 Å². The second-order valence-electron chi connectivity index (χ2n) is 0. The molecule has 0 aliphatic heterocycles. The van der Waals surface area contributed by atoms with Gasteiger partial charge in [0.25, 0.3) is 0 Å². The first-order valence-corrected chi connectivity index (χ1v) is 0. The molecule has 30 valence electrons. The van der Waals surface area contributed by atoms with Gasteiger partial charge >= 0.3 is 148 Å². The van der Waals surface area contributed by atoms with E-state index in [4.69, 9.17) is 0 Å². The molecule has 0 atom stereocenters. The van der Waals surface area contributed by atoms with Crippen LogP contribution in [0.3, 0.4) is 0 Å². The molecule has 0 nitrogen and oxygen atoms in total. The fraction of sp³-hybridized carbons (Fsp3) is 0. The number of rotatable bonds is 0. The minimum absolute atomic E-state index is 0. The molecule has 0 aliphatic rings. The van der Waals surface area contributed by atoms with Gasteiger partial charge in [0.05, 0.1) is 0 Å². The van der Waals surface area contributed by atoms with Gasteiger partial charge in [-0.25, -0.2) is 0 Å². The van der Waals surface area contributed by atoms with Gasteiger partial charge in [-0.1, -0.05) is 0 Å². The Morgan fingerprint density at radius 2 is 0.222 bits per heavy atom. The number of hydrogen-bond donors (Lipinski definition) is 0. The molecular weight excluding hydrogens is 602 g/mol. The average molecular weight is 607 g/mol. The van der Waals surface area contributed by atoms with Crippen LogP contribution in [0.25, 0.3) is 0 Å². The molecule has 0 aliphatic carbocycles. The van der Waals surface area contributed by atoms with E-state index in [1.54, 1.807) is 0 Å². The fourth-order valence-electron chi connectivity index (χ4n) is 0. The van der Waals surface area contributed by atoms with Gasteiger partial charge in [-0.05, 0) is 0 Å². The fourth-order valence-corrected chi connectivity index (χ4v) is 0. The van der Waals surface area contributed by atoms with Crippen LogP contribution < -0.4 is 0 Å². The van der Waals surface area contributed by atoms with Gasteiger partial charge < -0.3 is 0 Å². The first-order valence-electron chi connectivity index (χ1n) is 0. The topological polar surface area (TPSA) is 0 Å². The van der Waals surface area contributed by atoms with Crippen LogP contribution >= 0.6 is 0 Å². The summed E-state index contributed by atoms with van der Waals surface area (Å²) in [5, 5.41) is 0. The van der Waals surface area contributed by atoms with E-state index in [2.05, 4.69) is 0 Å². The summed E-state index contributed by atoms with van der Waals surface area (Å²) in [5.74, 6) is 0. The minimum Gasteiger partial charge on any atom is 0 e. The molecule has 0 fully saturated rings. The third kappa shape index (κ3) is 48.4. The van der Waals surface area contributed by atoms with Crippen molar-refractivity contribution in [2.75, 3.05) is 0 Å². The Bertz CT molecular complexity index is 8.92. The molecule has 0 aromatic carbocycles. The molecule has 12 radical (unpaired) electrons. The molecule has 9 heteroatoms. The van der Waals surface area contributed by atoms with Gasteiger partial charge in [0.1, 0.15) is 0 Å². The zero-order chi connectivity index (χ0) is 0. The maximum Gasteiger partial charge on any atom is 0 e. The quantitative estimate of drug-likeness (QED) is 0.243.